The van der Waals surface area contributed by atoms with E-state index in [0.29, 0.717) is 5.54 Å². The second-order valence-electron chi connectivity index (χ2n) is 5.79. The molecule has 0 saturated carbocycles. The molecule has 16 heavy (non-hydrogen) atoms. The highest BCUT2D eigenvalue weighted by Gasteiger charge is 2.51. The van der Waals surface area contributed by atoms with Crippen LogP contribution < -0.4 is 0 Å². The Morgan fingerprint density at radius 3 is 2.62 bits per heavy atom. The van der Waals surface area contributed by atoms with Gasteiger partial charge in [0, 0.05) is 18.6 Å². The molecule has 1 unspecified atom stereocenters. The van der Waals surface area contributed by atoms with Gasteiger partial charge in [0.15, 0.2) is 0 Å². The fraction of sp³-hybridized carbons (Fsp3) is 1.00. The predicted octanol–water partition coefficient (Wildman–Crippen LogP) is 1.91. The van der Waals surface area contributed by atoms with Gasteiger partial charge in [0.1, 0.15) is 0 Å². The normalized spacial score (nSPS) is 43.3. The van der Waals surface area contributed by atoms with Gasteiger partial charge in [-0.1, -0.05) is 0 Å². The molecule has 1 spiro atoms. The summed E-state index contributed by atoms with van der Waals surface area (Å²) >= 11 is 0. The fourth-order valence-electron chi connectivity index (χ4n) is 4.33. The average Bonchev–Trinajstić information content (AvgIpc) is 2.71. The maximum atomic E-state index is 12.4. The summed E-state index contributed by atoms with van der Waals surface area (Å²) in [6.07, 6.45) is 6.18. The molecule has 0 aliphatic carbocycles. The molecule has 0 aromatic carbocycles. The number of rotatable bonds is 3. The van der Waals surface area contributed by atoms with Crippen LogP contribution in [0.25, 0.3) is 0 Å². The summed E-state index contributed by atoms with van der Waals surface area (Å²) in [7, 11) is 0. The van der Waals surface area contributed by atoms with E-state index in [4.69, 9.17) is 0 Å². The first kappa shape index (κ1) is 11.0. The van der Waals surface area contributed by atoms with Gasteiger partial charge in [-0.15, -0.1) is 0 Å². The first-order valence-electron chi connectivity index (χ1n) is 6.88. The first-order chi connectivity index (χ1) is 7.85. The van der Waals surface area contributed by atoms with Crippen LogP contribution in [0.3, 0.4) is 0 Å². The van der Waals surface area contributed by atoms with Gasteiger partial charge in [0.2, 0.25) is 0 Å². The molecular formula is C13H23FN2. The molecule has 4 aliphatic heterocycles. The molecule has 0 amide bonds. The SMILES string of the molecule is FCCCN1CCCC12CN1CCC2CC1. The van der Waals surface area contributed by atoms with Crippen molar-refractivity contribution in [2.75, 3.05) is 39.4 Å². The second-order valence-corrected chi connectivity index (χ2v) is 5.79. The van der Waals surface area contributed by atoms with Gasteiger partial charge in [0.05, 0.1) is 6.67 Å². The van der Waals surface area contributed by atoms with Crippen LogP contribution in [-0.4, -0.2) is 54.7 Å². The minimum atomic E-state index is -0.152. The van der Waals surface area contributed by atoms with Crippen molar-refractivity contribution in [2.24, 2.45) is 5.92 Å². The van der Waals surface area contributed by atoms with Crippen molar-refractivity contribution < 1.29 is 4.39 Å². The molecular weight excluding hydrogens is 203 g/mol. The van der Waals surface area contributed by atoms with Crippen molar-refractivity contribution in [3.05, 3.63) is 0 Å². The Morgan fingerprint density at radius 1 is 1.19 bits per heavy atom. The monoisotopic (exact) mass is 226 g/mol. The zero-order valence-electron chi connectivity index (χ0n) is 10.1. The lowest BCUT2D eigenvalue weighted by Gasteiger charge is -2.55. The van der Waals surface area contributed by atoms with Crippen LogP contribution in [-0.2, 0) is 0 Å². The molecule has 2 nitrogen and oxygen atoms in total. The van der Waals surface area contributed by atoms with Crippen LogP contribution >= 0.6 is 0 Å². The Bertz CT molecular complexity index is 250. The van der Waals surface area contributed by atoms with Crippen LogP contribution in [0.2, 0.25) is 0 Å². The summed E-state index contributed by atoms with van der Waals surface area (Å²) < 4.78 is 12.4. The fourth-order valence-corrected chi connectivity index (χ4v) is 4.33. The highest BCUT2D eigenvalue weighted by Crippen LogP contribution is 2.45. The largest absolute Gasteiger partial charge is 0.301 e. The summed E-state index contributed by atoms with van der Waals surface area (Å²) in [5, 5.41) is 0. The number of halogens is 1. The van der Waals surface area contributed by atoms with E-state index < -0.39 is 0 Å². The summed E-state index contributed by atoms with van der Waals surface area (Å²) in [5.41, 5.74) is 0.450. The quantitative estimate of drug-likeness (QED) is 0.725. The summed E-state index contributed by atoms with van der Waals surface area (Å²) in [4.78, 5) is 5.26. The number of hydrogen-bond donors (Lipinski definition) is 0. The molecule has 92 valence electrons. The van der Waals surface area contributed by atoms with E-state index in [1.807, 2.05) is 0 Å². The number of alkyl halides is 1. The Hall–Kier alpha value is -0.150. The molecule has 3 heteroatoms. The van der Waals surface area contributed by atoms with Crippen LogP contribution in [0, 0.1) is 5.92 Å². The van der Waals surface area contributed by atoms with E-state index in [0.717, 1.165) is 18.9 Å². The van der Waals surface area contributed by atoms with Crippen LogP contribution in [0.4, 0.5) is 4.39 Å². The van der Waals surface area contributed by atoms with Gasteiger partial charge in [-0.05, 0) is 57.7 Å². The molecule has 0 aromatic rings. The van der Waals surface area contributed by atoms with E-state index in [2.05, 4.69) is 9.80 Å². The number of likely N-dealkylation sites (tertiary alicyclic amines) is 1. The molecule has 4 fully saturated rings. The van der Waals surface area contributed by atoms with Gasteiger partial charge in [-0.2, -0.15) is 0 Å². The summed E-state index contributed by atoms with van der Waals surface area (Å²) in [5.74, 6) is 0.902. The second kappa shape index (κ2) is 4.26. The molecule has 4 saturated heterocycles. The lowest BCUT2D eigenvalue weighted by atomic mass is 9.71. The van der Waals surface area contributed by atoms with E-state index in [1.165, 1.54) is 51.9 Å². The van der Waals surface area contributed by atoms with E-state index in [9.17, 15) is 4.39 Å². The molecule has 0 radical (unpaired) electrons. The van der Waals surface area contributed by atoms with Crippen LogP contribution in [0.5, 0.6) is 0 Å². The number of nitrogens with zero attached hydrogens (tertiary/aromatic N) is 2. The number of fused-ring (bicyclic) bond motifs is 2. The molecule has 1 atom stereocenters. The molecule has 4 aliphatic rings. The van der Waals surface area contributed by atoms with Gasteiger partial charge in [-0.25, -0.2) is 0 Å². The molecule has 4 heterocycles. The first-order valence-corrected chi connectivity index (χ1v) is 6.88. The topological polar surface area (TPSA) is 6.48 Å². The molecule has 2 bridgehead atoms. The van der Waals surface area contributed by atoms with Crippen molar-refractivity contribution in [3.8, 4) is 0 Å². The van der Waals surface area contributed by atoms with Crippen molar-refractivity contribution in [2.45, 2.75) is 37.6 Å². The zero-order chi connectivity index (χ0) is 11.0. The lowest BCUT2D eigenvalue weighted by Crippen LogP contribution is -2.64. The van der Waals surface area contributed by atoms with E-state index in [1.54, 1.807) is 0 Å². The van der Waals surface area contributed by atoms with E-state index >= 15 is 0 Å². The number of hydrogen-bond acceptors (Lipinski definition) is 2. The predicted molar refractivity (Wildman–Crippen MR) is 63.3 cm³/mol. The Balaban J connectivity index is 1.75. The third-order valence-corrected chi connectivity index (χ3v) is 5.07. The molecule has 0 aromatic heterocycles. The minimum absolute atomic E-state index is 0.152. The summed E-state index contributed by atoms with van der Waals surface area (Å²) in [6.45, 7) is 5.93. The van der Waals surface area contributed by atoms with Crippen molar-refractivity contribution in [1.82, 2.24) is 9.80 Å². The zero-order valence-corrected chi connectivity index (χ0v) is 10.1. The van der Waals surface area contributed by atoms with Crippen molar-refractivity contribution >= 4 is 0 Å². The minimum Gasteiger partial charge on any atom is -0.301 e. The van der Waals surface area contributed by atoms with Crippen molar-refractivity contribution in [3.63, 3.8) is 0 Å². The maximum Gasteiger partial charge on any atom is 0.0906 e. The van der Waals surface area contributed by atoms with E-state index in [-0.39, 0.29) is 6.67 Å². The van der Waals surface area contributed by atoms with Gasteiger partial charge >= 0.3 is 0 Å². The van der Waals surface area contributed by atoms with Crippen molar-refractivity contribution in [1.29, 1.82) is 0 Å². The molecule has 4 rings (SSSR count). The van der Waals surface area contributed by atoms with Gasteiger partial charge in [0.25, 0.3) is 0 Å². The summed E-state index contributed by atoms with van der Waals surface area (Å²) in [6, 6.07) is 0. The third-order valence-electron chi connectivity index (χ3n) is 5.07. The number of piperidine rings is 3. The highest BCUT2D eigenvalue weighted by molar-refractivity contribution is 5.07. The average molecular weight is 226 g/mol. The Labute approximate surface area is 97.8 Å². The highest BCUT2D eigenvalue weighted by atomic mass is 19.1. The van der Waals surface area contributed by atoms with Gasteiger partial charge in [-0.3, -0.25) is 9.29 Å². The third kappa shape index (κ3) is 1.60. The van der Waals surface area contributed by atoms with Crippen LogP contribution in [0.15, 0.2) is 0 Å². The maximum absolute atomic E-state index is 12.4. The lowest BCUT2D eigenvalue weighted by molar-refractivity contribution is -0.0514. The smallest absolute Gasteiger partial charge is 0.0906 e. The van der Waals surface area contributed by atoms with Gasteiger partial charge < -0.3 is 4.90 Å². The molecule has 0 N–H and O–H groups in total. The van der Waals surface area contributed by atoms with Crippen LogP contribution in [0.1, 0.15) is 32.1 Å². The standard InChI is InChI=1S/C13H23FN2/c14-6-2-8-16-7-1-5-13(16)11-15-9-3-12(13)4-10-15/h12H,1-11H2. The Kier molecular flexibility index (Phi) is 2.92. The Morgan fingerprint density at radius 2 is 2.00 bits per heavy atom.